The molecule has 28 heavy (non-hydrogen) atoms. The number of anilines is 1. The summed E-state index contributed by atoms with van der Waals surface area (Å²) in [6.07, 6.45) is 1.46. The summed E-state index contributed by atoms with van der Waals surface area (Å²) in [4.78, 5) is 30.2. The molecular formula is C20H23N3O5. The number of hydrogen-bond donors (Lipinski definition) is 1. The molecule has 0 unspecified atom stereocenters. The number of amides is 1. The first-order valence-corrected chi connectivity index (χ1v) is 9.13. The summed E-state index contributed by atoms with van der Waals surface area (Å²) >= 11 is 0. The van der Waals surface area contributed by atoms with E-state index in [4.69, 9.17) is 14.2 Å². The van der Waals surface area contributed by atoms with E-state index in [0.717, 1.165) is 24.7 Å². The van der Waals surface area contributed by atoms with Crippen LogP contribution >= 0.6 is 0 Å². The lowest BCUT2D eigenvalue weighted by molar-refractivity contribution is -0.124. The van der Waals surface area contributed by atoms with Crippen molar-refractivity contribution in [3.05, 3.63) is 54.2 Å². The lowest BCUT2D eigenvalue weighted by Gasteiger charge is -2.27. The SMILES string of the molecule is O=C(COC(=O)c1ccc(N2CCOCC2)nc1)NCCOc1ccccc1. The van der Waals surface area contributed by atoms with Crippen LogP contribution in [0, 0.1) is 0 Å². The highest BCUT2D eigenvalue weighted by Crippen LogP contribution is 2.13. The number of hydrogen-bond acceptors (Lipinski definition) is 7. The van der Waals surface area contributed by atoms with Gasteiger partial charge >= 0.3 is 5.97 Å². The fourth-order valence-corrected chi connectivity index (χ4v) is 2.63. The zero-order valence-electron chi connectivity index (χ0n) is 15.5. The summed E-state index contributed by atoms with van der Waals surface area (Å²) in [6.45, 7) is 3.16. The standard InChI is InChI=1S/C20H23N3O5/c24-19(21-8-11-27-17-4-2-1-3-5-17)15-28-20(25)16-6-7-18(22-14-16)23-9-12-26-13-10-23/h1-7,14H,8-13,15H2,(H,21,24). The minimum atomic E-state index is -0.586. The summed E-state index contributed by atoms with van der Waals surface area (Å²) in [5.41, 5.74) is 0.303. The van der Waals surface area contributed by atoms with E-state index in [1.165, 1.54) is 6.20 Å². The summed E-state index contributed by atoms with van der Waals surface area (Å²) in [5.74, 6) is 0.548. The molecule has 3 rings (SSSR count). The van der Waals surface area contributed by atoms with Gasteiger partial charge in [0.15, 0.2) is 6.61 Å². The minimum Gasteiger partial charge on any atom is -0.492 e. The Morgan fingerprint density at radius 2 is 1.89 bits per heavy atom. The second-order valence-corrected chi connectivity index (χ2v) is 6.09. The van der Waals surface area contributed by atoms with Crippen molar-refractivity contribution in [1.82, 2.24) is 10.3 Å². The molecule has 0 spiro atoms. The third kappa shape index (κ3) is 5.95. The van der Waals surface area contributed by atoms with Crippen molar-refractivity contribution in [2.24, 2.45) is 0 Å². The Bertz CT molecular complexity index is 761. The molecule has 1 aromatic heterocycles. The Kier molecular flexibility index (Phi) is 7.20. The van der Waals surface area contributed by atoms with Gasteiger partial charge in [0.25, 0.3) is 5.91 Å². The number of nitrogens with one attached hydrogen (secondary N) is 1. The van der Waals surface area contributed by atoms with Gasteiger partial charge in [-0.1, -0.05) is 18.2 Å². The van der Waals surface area contributed by atoms with Gasteiger partial charge < -0.3 is 24.4 Å². The maximum absolute atomic E-state index is 12.1. The lowest BCUT2D eigenvalue weighted by Crippen LogP contribution is -2.36. The normalized spacial score (nSPS) is 13.6. The third-order valence-corrected chi connectivity index (χ3v) is 4.09. The van der Waals surface area contributed by atoms with E-state index in [9.17, 15) is 9.59 Å². The second kappa shape index (κ2) is 10.3. The average Bonchev–Trinajstić information content (AvgIpc) is 2.76. The van der Waals surface area contributed by atoms with E-state index in [1.54, 1.807) is 12.1 Å². The fourth-order valence-electron chi connectivity index (χ4n) is 2.63. The molecule has 8 nitrogen and oxygen atoms in total. The fraction of sp³-hybridized carbons (Fsp3) is 0.350. The molecule has 0 aliphatic carbocycles. The predicted molar refractivity (Wildman–Crippen MR) is 102 cm³/mol. The van der Waals surface area contributed by atoms with E-state index in [1.807, 2.05) is 30.3 Å². The number of para-hydroxylation sites is 1. The van der Waals surface area contributed by atoms with E-state index in [0.29, 0.717) is 31.9 Å². The van der Waals surface area contributed by atoms with Gasteiger partial charge in [-0.3, -0.25) is 4.79 Å². The Hall–Kier alpha value is -3.13. The maximum Gasteiger partial charge on any atom is 0.340 e. The number of rotatable bonds is 8. The van der Waals surface area contributed by atoms with Gasteiger partial charge in [-0.15, -0.1) is 0 Å². The highest BCUT2D eigenvalue weighted by molar-refractivity contribution is 5.91. The van der Waals surface area contributed by atoms with Crippen LogP contribution in [0.4, 0.5) is 5.82 Å². The predicted octanol–water partition coefficient (Wildman–Crippen LogP) is 1.27. The highest BCUT2D eigenvalue weighted by Gasteiger charge is 2.14. The second-order valence-electron chi connectivity index (χ2n) is 6.09. The zero-order valence-corrected chi connectivity index (χ0v) is 15.5. The molecule has 1 amide bonds. The summed E-state index contributed by atoms with van der Waals surface area (Å²) in [6, 6.07) is 12.7. The number of aromatic nitrogens is 1. The molecule has 2 heterocycles. The number of carbonyl (C=O) groups is 2. The van der Waals surface area contributed by atoms with Crippen molar-refractivity contribution in [3.8, 4) is 5.75 Å². The van der Waals surface area contributed by atoms with Gasteiger partial charge in [0.2, 0.25) is 0 Å². The first kappa shape index (κ1) is 19.6. The molecule has 8 heteroatoms. The smallest absolute Gasteiger partial charge is 0.340 e. The van der Waals surface area contributed by atoms with Crippen molar-refractivity contribution in [2.45, 2.75) is 0 Å². The van der Waals surface area contributed by atoms with Crippen LogP contribution in [0.5, 0.6) is 5.75 Å². The van der Waals surface area contributed by atoms with E-state index in [2.05, 4.69) is 15.2 Å². The van der Waals surface area contributed by atoms with E-state index < -0.39 is 5.97 Å². The average molecular weight is 385 g/mol. The van der Waals surface area contributed by atoms with Gasteiger partial charge in [0, 0.05) is 19.3 Å². The zero-order chi connectivity index (χ0) is 19.6. The van der Waals surface area contributed by atoms with Crippen LogP contribution in [0.15, 0.2) is 48.7 Å². The first-order chi connectivity index (χ1) is 13.7. The molecule has 0 bridgehead atoms. The molecule has 1 aliphatic rings. The van der Waals surface area contributed by atoms with Gasteiger partial charge in [-0.2, -0.15) is 0 Å². The molecule has 148 valence electrons. The van der Waals surface area contributed by atoms with Crippen molar-refractivity contribution >= 4 is 17.7 Å². The summed E-state index contributed by atoms with van der Waals surface area (Å²) in [7, 11) is 0. The van der Waals surface area contributed by atoms with Crippen LogP contribution in [0.1, 0.15) is 10.4 Å². The Morgan fingerprint density at radius 1 is 1.11 bits per heavy atom. The van der Waals surface area contributed by atoms with Crippen LogP contribution in [0.25, 0.3) is 0 Å². The Balaban J connectivity index is 1.35. The summed E-state index contributed by atoms with van der Waals surface area (Å²) in [5, 5.41) is 2.64. The van der Waals surface area contributed by atoms with Crippen molar-refractivity contribution in [1.29, 1.82) is 0 Å². The highest BCUT2D eigenvalue weighted by atomic mass is 16.5. The molecule has 1 N–H and O–H groups in total. The van der Waals surface area contributed by atoms with E-state index >= 15 is 0 Å². The number of carbonyl (C=O) groups excluding carboxylic acids is 2. The molecule has 1 aromatic carbocycles. The van der Waals surface area contributed by atoms with Gasteiger partial charge in [0.1, 0.15) is 18.2 Å². The number of nitrogens with zero attached hydrogens (tertiary/aromatic N) is 2. The van der Waals surface area contributed by atoms with Crippen molar-refractivity contribution < 1.29 is 23.8 Å². The largest absolute Gasteiger partial charge is 0.492 e. The summed E-state index contributed by atoms with van der Waals surface area (Å²) < 4.78 is 15.8. The van der Waals surface area contributed by atoms with Crippen LogP contribution in [0.3, 0.4) is 0 Å². The van der Waals surface area contributed by atoms with Crippen LogP contribution in [0.2, 0.25) is 0 Å². The number of morpholine rings is 1. The quantitative estimate of drug-likeness (QED) is 0.541. The molecule has 0 atom stereocenters. The van der Waals surface area contributed by atoms with Crippen LogP contribution in [-0.4, -0.2) is 62.9 Å². The number of ether oxygens (including phenoxy) is 3. The third-order valence-electron chi connectivity index (χ3n) is 4.09. The topological polar surface area (TPSA) is 90.0 Å². The number of pyridine rings is 1. The molecular weight excluding hydrogens is 362 g/mol. The first-order valence-electron chi connectivity index (χ1n) is 9.13. The van der Waals surface area contributed by atoms with Crippen molar-refractivity contribution in [3.63, 3.8) is 0 Å². The van der Waals surface area contributed by atoms with E-state index in [-0.39, 0.29) is 12.5 Å². The Labute approximate surface area is 163 Å². The van der Waals surface area contributed by atoms with Crippen molar-refractivity contribution in [2.75, 3.05) is 51.0 Å². The lowest BCUT2D eigenvalue weighted by atomic mass is 10.2. The van der Waals surface area contributed by atoms with Crippen LogP contribution in [-0.2, 0) is 14.3 Å². The molecule has 1 aliphatic heterocycles. The molecule has 0 saturated carbocycles. The van der Waals surface area contributed by atoms with Gasteiger partial charge in [-0.05, 0) is 24.3 Å². The molecule has 1 saturated heterocycles. The molecule has 0 radical (unpaired) electrons. The molecule has 2 aromatic rings. The van der Waals surface area contributed by atoms with Crippen LogP contribution < -0.4 is 15.0 Å². The molecule has 1 fully saturated rings. The minimum absolute atomic E-state index is 0.303. The monoisotopic (exact) mass is 385 g/mol. The van der Waals surface area contributed by atoms with Gasteiger partial charge in [-0.25, -0.2) is 9.78 Å². The Morgan fingerprint density at radius 3 is 2.61 bits per heavy atom. The maximum atomic E-state index is 12.1. The number of esters is 1. The van der Waals surface area contributed by atoms with Gasteiger partial charge in [0.05, 0.1) is 25.3 Å². The number of benzene rings is 1.